The van der Waals surface area contributed by atoms with E-state index < -0.39 is 0 Å². The third kappa shape index (κ3) is 2.80. The third-order valence-corrected chi connectivity index (χ3v) is 3.51. The van der Waals surface area contributed by atoms with Crippen LogP contribution in [0.5, 0.6) is 0 Å². The second-order valence-electron chi connectivity index (χ2n) is 5.31. The van der Waals surface area contributed by atoms with Crippen molar-refractivity contribution in [1.29, 1.82) is 0 Å². The minimum Gasteiger partial charge on any atom is -0.232 e. The summed E-state index contributed by atoms with van der Waals surface area (Å²) >= 11 is 0. The maximum absolute atomic E-state index is 2.20. The fraction of sp³-hybridized carbons (Fsp3) is 0.167. The molecule has 3 aromatic rings. The molecule has 1 aromatic heterocycles. The first kappa shape index (κ1) is 12.7. The van der Waals surface area contributed by atoms with Crippen molar-refractivity contribution in [2.45, 2.75) is 20.4 Å². The molecule has 20 heavy (non-hydrogen) atoms. The number of nitrogens with zero attached hydrogens (tertiary/aromatic N) is 2. The monoisotopic (exact) mass is 263 g/mol. The molecule has 0 N–H and O–H groups in total. The van der Waals surface area contributed by atoms with Gasteiger partial charge in [0.2, 0.25) is 6.33 Å². The lowest BCUT2D eigenvalue weighted by atomic mass is 10.1. The fourth-order valence-electron chi connectivity index (χ4n) is 2.26. The summed E-state index contributed by atoms with van der Waals surface area (Å²) < 4.78 is 4.35. The molecule has 0 aliphatic heterocycles. The second-order valence-corrected chi connectivity index (χ2v) is 5.31. The van der Waals surface area contributed by atoms with Crippen LogP contribution in [0.4, 0.5) is 0 Å². The predicted octanol–water partition coefficient (Wildman–Crippen LogP) is 3.43. The number of hydrogen-bond donors (Lipinski definition) is 0. The Labute approximate surface area is 119 Å². The summed E-state index contributed by atoms with van der Waals surface area (Å²) in [5, 5.41) is 0. The van der Waals surface area contributed by atoms with Crippen LogP contribution < -0.4 is 4.57 Å². The molecule has 1 heterocycles. The lowest BCUT2D eigenvalue weighted by Gasteiger charge is -1.99. The van der Waals surface area contributed by atoms with Crippen LogP contribution in [0.3, 0.4) is 0 Å². The standard InChI is InChI=1S/C18H19N2/c1-15-3-7-17(8-4-15)13-19-11-12-20(14-19)18-9-5-16(2)6-10-18/h3-12,14H,13H2,1-2H3/q+1. The molecule has 0 atom stereocenters. The van der Waals surface area contributed by atoms with Crippen LogP contribution in [0.2, 0.25) is 0 Å². The van der Waals surface area contributed by atoms with Gasteiger partial charge in [0.15, 0.2) is 0 Å². The zero-order valence-electron chi connectivity index (χ0n) is 12.0. The molecule has 2 aromatic carbocycles. The molecular weight excluding hydrogens is 244 g/mol. The van der Waals surface area contributed by atoms with Crippen molar-refractivity contribution in [2.75, 3.05) is 0 Å². The maximum atomic E-state index is 2.20. The summed E-state index contributed by atoms with van der Waals surface area (Å²) in [6.07, 6.45) is 6.34. The molecule has 0 unspecified atom stereocenters. The second kappa shape index (κ2) is 5.33. The van der Waals surface area contributed by atoms with Crippen molar-refractivity contribution in [1.82, 2.24) is 4.57 Å². The first-order valence-electron chi connectivity index (χ1n) is 6.90. The minimum absolute atomic E-state index is 0.902. The number of benzene rings is 2. The Morgan fingerprint density at radius 2 is 1.45 bits per heavy atom. The Morgan fingerprint density at radius 1 is 0.850 bits per heavy atom. The summed E-state index contributed by atoms with van der Waals surface area (Å²) in [5.41, 5.74) is 5.10. The molecule has 0 radical (unpaired) electrons. The summed E-state index contributed by atoms with van der Waals surface area (Å²) in [6.45, 7) is 5.13. The van der Waals surface area contributed by atoms with E-state index in [9.17, 15) is 0 Å². The Balaban J connectivity index is 1.80. The Kier molecular flexibility index (Phi) is 3.38. The maximum Gasteiger partial charge on any atom is 0.249 e. The Hall–Kier alpha value is -2.35. The molecule has 2 heteroatoms. The summed E-state index contributed by atoms with van der Waals surface area (Å²) in [5.74, 6) is 0. The van der Waals surface area contributed by atoms with Gasteiger partial charge in [-0.2, -0.15) is 0 Å². The molecule has 0 amide bonds. The molecule has 0 saturated carbocycles. The average Bonchev–Trinajstić information content (AvgIpc) is 2.91. The lowest BCUT2D eigenvalue weighted by Crippen LogP contribution is -2.31. The normalized spacial score (nSPS) is 10.7. The molecular formula is C18H19N2+. The van der Waals surface area contributed by atoms with Crippen LogP contribution in [0.15, 0.2) is 67.3 Å². The molecule has 0 aliphatic rings. The highest BCUT2D eigenvalue weighted by Crippen LogP contribution is 2.08. The van der Waals surface area contributed by atoms with Crippen LogP contribution in [-0.2, 0) is 6.54 Å². The van der Waals surface area contributed by atoms with Gasteiger partial charge >= 0.3 is 0 Å². The number of rotatable bonds is 3. The van der Waals surface area contributed by atoms with Gasteiger partial charge < -0.3 is 0 Å². The average molecular weight is 263 g/mol. The van der Waals surface area contributed by atoms with Gasteiger partial charge in [0.25, 0.3) is 0 Å². The first-order valence-corrected chi connectivity index (χ1v) is 6.90. The van der Waals surface area contributed by atoms with E-state index in [2.05, 4.69) is 90.2 Å². The van der Waals surface area contributed by atoms with Gasteiger partial charge in [-0.15, -0.1) is 0 Å². The highest BCUT2D eigenvalue weighted by atomic mass is 15.1. The number of aromatic nitrogens is 2. The highest BCUT2D eigenvalue weighted by Gasteiger charge is 2.06. The van der Waals surface area contributed by atoms with Crippen molar-refractivity contribution in [3.63, 3.8) is 0 Å². The smallest absolute Gasteiger partial charge is 0.232 e. The molecule has 0 spiro atoms. The predicted molar refractivity (Wildman–Crippen MR) is 81.0 cm³/mol. The quantitative estimate of drug-likeness (QED) is 0.640. The summed E-state index contributed by atoms with van der Waals surface area (Å²) in [6, 6.07) is 17.3. The van der Waals surface area contributed by atoms with E-state index in [0.717, 1.165) is 6.54 Å². The van der Waals surface area contributed by atoms with Gasteiger partial charge in [0, 0.05) is 0 Å². The zero-order chi connectivity index (χ0) is 13.9. The van der Waals surface area contributed by atoms with Gasteiger partial charge in [-0.3, -0.25) is 0 Å². The largest absolute Gasteiger partial charge is 0.249 e. The van der Waals surface area contributed by atoms with Crippen LogP contribution in [0.25, 0.3) is 5.69 Å². The minimum atomic E-state index is 0.902. The van der Waals surface area contributed by atoms with Crippen molar-refractivity contribution in [3.8, 4) is 5.69 Å². The number of hydrogen-bond acceptors (Lipinski definition) is 0. The van der Waals surface area contributed by atoms with Crippen LogP contribution in [0, 0.1) is 13.8 Å². The van der Waals surface area contributed by atoms with Crippen molar-refractivity contribution >= 4 is 0 Å². The van der Waals surface area contributed by atoms with Crippen molar-refractivity contribution in [2.24, 2.45) is 0 Å². The van der Waals surface area contributed by atoms with E-state index in [1.54, 1.807) is 0 Å². The fourth-order valence-corrected chi connectivity index (χ4v) is 2.26. The van der Waals surface area contributed by atoms with E-state index in [-0.39, 0.29) is 0 Å². The van der Waals surface area contributed by atoms with Crippen molar-refractivity contribution in [3.05, 3.63) is 83.9 Å². The number of aryl methyl sites for hydroxylation is 2. The van der Waals surface area contributed by atoms with E-state index >= 15 is 0 Å². The summed E-state index contributed by atoms with van der Waals surface area (Å²) in [7, 11) is 0. The molecule has 100 valence electrons. The number of imidazole rings is 1. The lowest BCUT2D eigenvalue weighted by molar-refractivity contribution is -0.687. The van der Waals surface area contributed by atoms with E-state index in [1.807, 2.05) is 0 Å². The zero-order valence-corrected chi connectivity index (χ0v) is 12.0. The van der Waals surface area contributed by atoms with Crippen molar-refractivity contribution < 1.29 is 4.57 Å². The molecule has 0 bridgehead atoms. The third-order valence-electron chi connectivity index (χ3n) is 3.51. The summed E-state index contributed by atoms with van der Waals surface area (Å²) in [4.78, 5) is 0. The highest BCUT2D eigenvalue weighted by molar-refractivity contribution is 5.33. The Bertz CT molecular complexity index is 691. The topological polar surface area (TPSA) is 8.81 Å². The molecule has 0 saturated heterocycles. The van der Waals surface area contributed by atoms with E-state index in [4.69, 9.17) is 0 Å². The van der Waals surface area contributed by atoms with Crippen LogP contribution >= 0.6 is 0 Å². The molecule has 3 rings (SSSR count). The van der Waals surface area contributed by atoms with Gasteiger partial charge in [-0.05, 0) is 31.5 Å². The SMILES string of the molecule is Cc1ccc(C[n+]2ccn(-c3ccc(C)cc3)c2)cc1. The molecule has 0 aliphatic carbocycles. The van der Waals surface area contributed by atoms with Gasteiger partial charge in [-0.1, -0.05) is 47.5 Å². The van der Waals surface area contributed by atoms with Crippen LogP contribution in [-0.4, -0.2) is 4.57 Å². The van der Waals surface area contributed by atoms with E-state index in [0.29, 0.717) is 0 Å². The molecule has 2 nitrogen and oxygen atoms in total. The van der Waals surface area contributed by atoms with Gasteiger partial charge in [-0.25, -0.2) is 9.13 Å². The van der Waals surface area contributed by atoms with Gasteiger partial charge in [0.05, 0.1) is 0 Å². The van der Waals surface area contributed by atoms with Crippen LogP contribution in [0.1, 0.15) is 16.7 Å². The van der Waals surface area contributed by atoms with E-state index in [1.165, 1.54) is 22.4 Å². The molecule has 0 fully saturated rings. The van der Waals surface area contributed by atoms with Gasteiger partial charge in [0.1, 0.15) is 24.6 Å². The first-order chi connectivity index (χ1) is 9.70. The Morgan fingerprint density at radius 3 is 2.10 bits per heavy atom.